The minimum atomic E-state index is -0.212. The first-order valence-corrected chi connectivity index (χ1v) is 10.6. The van der Waals surface area contributed by atoms with Gasteiger partial charge >= 0.3 is 0 Å². The molecule has 0 atom stereocenters. The van der Waals surface area contributed by atoms with Crippen LogP contribution in [0.3, 0.4) is 0 Å². The van der Waals surface area contributed by atoms with Crippen LogP contribution in [0.2, 0.25) is 0 Å². The minimum Gasteiger partial charge on any atom is -0.497 e. The van der Waals surface area contributed by atoms with E-state index < -0.39 is 0 Å². The Morgan fingerprint density at radius 3 is 2.06 bits per heavy atom. The molecule has 0 radical (unpaired) electrons. The summed E-state index contributed by atoms with van der Waals surface area (Å²) in [5, 5.41) is 2.89. The first kappa shape index (κ1) is 22.0. The molecule has 4 rings (SSSR count). The van der Waals surface area contributed by atoms with E-state index in [0.29, 0.717) is 17.0 Å². The van der Waals surface area contributed by atoms with Crippen molar-refractivity contribution in [3.8, 4) is 28.4 Å². The number of benzene rings is 4. The largest absolute Gasteiger partial charge is 0.497 e. The van der Waals surface area contributed by atoms with Crippen LogP contribution in [0.4, 0.5) is 5.69 Å². The van der Waals surface area contributed by atoms with Crippen molar-refractivity contribution in [1.82, 2.24) is 0 Å². The third-order valence-corrected chi connectivity index (χ3v) is 5.25. The Hall–Kier alpha value is -4.25. The molecule has 4 aromatic rings. The number of ether oxygens (including phenoxy) is 3. The Labute approximate surface area is 193 Å². The van der Waals surface area contributed by atoms with Crippen LogP contribution in [0.5, 0.6) is 17.2 Å². The number of rotatable bonds is 8. The van der Waals surface area contributed by atoms with Crippen LogP contribution < -0.4 is 19.5 Å². The van der Waals surface area contributed by atoms with Gasteiger partial charge in [0.25, 0.3) is 5.91 Å². The summed E-state index contributed by atoms with van der Waals surface area (Å²) in [5.41, 5.74) is 4.27. The molecule has 5 nitrogen and oxygen atoms in total. The van der Waals surface area contributed by atoms with Gasteiger partial charge in [0.15, 0.2) is 0 Å². The Kier molecular flexibility index (Phi) is 6.90. The summed E-state index contributed by atoms with van der Waals surface area (Å²) < 4.78 is 16.6. The fourth-order valence-electron chi connectivity index (χ4n) is 3.45. The number of carbonyl (C=O) groups excluding carboxylic acids is 1. The zero-order valence-corrected chi connectivity index (χ0v) is 18.6. The highest BCUT2D eigenvalue weighted by molar-refractivity contribution is 6.04. The van der Waals surface area contributed by atoms with Gasteiger partial charge in [-0.2, -0.15) is 0 Å². The quantitative estimate of drug-likeness (QED) is 0.355. The number of anilines is 1. The van der Waals surface area contributed by atoms with Crippen molar-refractivity contribution in [3.63, 3.8) is 0 Å². The topological polar surface area (TPSA) is 56.8 Å². The van der Waals surface area contributed by atoms with Gasteiger partial charge in [0.2, 0.25) is 0 Å². The van der Waals surface area contributed by atoms with Crippen LogP contribution in [0.15, 0.2) is 97.1 Å². The summed E-state index contributed by atoms with van der Waals surface area (Å²) in [6, 6.07) is 30.6. The standard InChI is InChI=1S/C28H25NO4/c1-31-25-15-11-24(12-16-25)29-28(30)22-10-17-27(32-2)23(18-22)19-33-26-13-8-21(9-14-26)20-6-4-3-5-7-20/h3-18H,19H2,1-2H3,(H,29,30). The van der Waals surface area contributed by atoms with E-state index in [1.807, 2.05) is 42.5 Å². The van der Waals surface area contributed by atoms with Gasteiger partial charge in [0, 0.05) is 16.8 Å². The minimum absolute atomic E-state index is 0.212. The summed E-state index contributed by atoms with van der Waals surface area (Å²) in [6.45, 7) is 0.275. The lowest BCUT2D eigenvalue weighted by Gasteiger charge is -2.13. The molecule has 0 bridgehead atoms. The lowest BCUT2D eigenvalue weighted by atomic mass is 10.1. The van der Waals surface area contributed by atoms with Gasteiger partial charge in [-0.05, 0) is 65.7 Å². The van der Waals surface area contributed by atoms with E-state index in [2.05, 4.69) is 17.4 Å². The first-order chi connectivity index (χ1) is 16.2. The fourth-order valence-corrected chi connectivity index (χ4v) is 3.45. The molecule has 0 spiro atoms. The number of methoxy groups -OCH3 is 2. The molecule has 0 aromatic heterocycles. The van der Waals surface area contributed by atoms with Crippen molar-refractivity contribution in [3.05, 3.63) is 108 Å². The van der Waals surface area contributed by atoms with Crippen molar-refractivity contribution in [2.75, 3.05) is 19.5 Å². The Balaban J connectivity index is 1.44. The molecule has 0 heterocycles. The van der Waals surface area contributed by atoms with Crippen LogP contribution in [0.1, 0.15) is 15.9 Å². The maximum atomic E-state index is 12.7. The zero-order valence-electron chi connectivity index (χ0n) is 18.6. The second kappa shape index (κ2) is 10.4. The van der Waals surface area contributed by atoms with Crippen molar-refractivity contribution >= 4 is 11.6 Å². The molecular weight excluding hydrogens is 414 g/mol. The van der Waals surface area contributed by atoms with Crippen molar-refractivity contribution in [2.24, 2.45) is 0 Å². The van der Waals surface area contributed by atoms with Gasteiger partial charge in [0.1, 0.15) is 23.9 Å². The average molecular weight is 440 g/mol. The highest BCUT2D eigenvalue weighted by atomic mass is 16.5. The molecular formula is C28H25NO4. The first-order valence-electron chi connectivity index (χ1n) is 10.6. The third-order valence-electron chi connectivity index (χ3n) is 5.25. The number of hydrogen-bond donors (Lipinski definition) is 1. The van der Waals surface area contributed by atoms with Crippen LogP contribution in [0.25, 0.3) is 11.1 Å². The average Bonchev–Trinajstić information content (AvgIpc) is 2.88. The predicted molar refractivity (Wildman–Crippen MR) is 130 cm³/mol. The Morgan fingerprint density at radius 2 is 1.39 bits per heavy atom. The van der Waals surface area contributed by atoms with Gasteiger partial charge < -0.3 is 19.5 Å². The molecule has 1 amide bonds. The lowest BCUT2D eigenvalue weighted by Crippen LogP contribution is -2.12. The molecule has 166 valence electrons. The zero-order chi connectivity index (χ0) is 23.0. The SMILES string of the molecule is COc1ccc(NC(=O)c2ccc(OC)c(COc3ccc(-c4ccccc4)cc3)c2)cc1. The van der Waals surface area contributed by atoms with Gasteiger partial charge in [-0.15, -0.1) is 0 Å². The summed E-state index contributed by atoms with van der Waals surface area (Å²) in [6.07, 6.45) is 0. The van der Waals surface area contributed by atoms with E-state index in [1.54, 1.807) is 56.7 Å². The molecule has 0 saturated heterocycles. The van der Waals surface area contributed by atoms with E-state index in [1.165, 1.54) is 0 Å². The predicted octanol–water partition coefficient (Wildman–Crippen LogP) is 6.20. The van der Waals surface area contributed by atoms with E-state index in [-0.39, 0.29) is 12.5 Å². The van der Waals surface area contributed by atoms with E-state index in [4.69, 9.17) is 14.2 Å². The van der Waals surface area contributed by atoms with Crippen LogP contribution in [0, 0.1) is 0 Å². The smallest absolute Gasteiger partial charge is 0.255 e. The van der Waals surface area contributed by atoms with Crippen LogP contribution in [-0.2, 0) is 6.61 Å². The van der Waals surface area contributed by atoms with E-state index >= 15 is 0 Å². The number of amides is 1. The highest BCUT2D eigenvalue weighted by Gasteiger charge is 2.12. The Morgan fingerprint density at radius 1 is 0.727 bits per heavy atom. The molecule has 33 heavy (non-hydrogen) atoms. The summed E-state index contributed by atoms with van der Waals surface area (Å²) in [7, 11) is 3.21. The van der Waals surface area contributed by atoms with Gasteiger partial charge in [-0.3, -0.25) is 4.79 Å². The molecule has 0 unspecified atom stereocenters. The van der Waals surface area contributed by atoms with Crippen molar-refractivity contribution < 1.29 is 19.0 Å². The lowest BCUT2D eigenvalue weighted by molar-refractivity contribution is 0.102. The fraction of sp³-hybridized carbons (Fsp3) is 0.107. The molecule has 5 heteroatoms. The number of hydrogen-bond acceptors (Lipinski definition) is 4. The van der Waals surface area contributed by atoms with Crippen molar-refractivity contribution in [1.29, 1.82) is 0 Å². The van der Waals surface area contributed by atoms with Crippen molar-refractivity contribution in [2.45, 2.75) is 6.61 Å². The Bertz CT molecular complexity index is 1200. The van der Waals surface area contributed by atoms with Gasteiger partial charge in [-0.25, -0.2) is 0 Å². The van der Waals surface area contributed by atoms with Crippen LogP contribution >= 0.6 is 0 Å². The molecule has 0 aliphatic carbocycles. The molecule has 0 saturated carbocycles. The maximum absolute atomic E-state index is 12.7. The number of nitrogens with one attached hydrogen (secondary N) is 1. The maximum Gasteiger partial charge on any atom is 0.255 e. The third kappa shape index (κ3) is 5.52. The van der Waals surface area contributed by atoms with Gasteiger partial charge in [0.05, 0.1) is 14.2 Å². The second-order valence-electron chi connectivity index (χ2n) is 7.39. The molecule has 1 N–H and O–H groups in total. The second-order valence-corrected chi connectivity index (χ2v) is 7.39. The summed E-state index contributed by atoms with van der Waals surface area (Å²) in [4.78, 5) is 12.7. The van der Waals surface area contributed by atoms with E-state index in [9.17, 15) is 4.79 Å². The molecule has 0 aliphatic heterocycles. The summed E-state index contributed by atoms with van der Waals surface area (Å²) >= 11 is 0. The molecule has 4 aromatic carbocycles. The normalized spacial score (nSPS) is 10.4. The van der Waals surface area contributed by atoms with E-state index in [0.717, 1.165) is 28.2 Å². The highest BCUT2D eigenvalue weighted by Crippen LogP contribution is 2.25. The molecule has 0 fully saturated rings. The monoisotopic (exact) mass is 439 g/mol. The van der Waals surface area contributed by atoms with Gasteiger partial charge in [-0.1, -0.05) is 42.5 Å². The van der Waals surface area contributed by atoms with Crippen LogP contribution in [-0.4, -0.2) is 20.1 Å². The molecule has 0 aliphatic rings. The number of carbonyl (C=O) groups is 1. The summed E-state index contributed by atoms with van der Waals surface area (Å²) in [5.74, 6) is 1.92.